The molecule has 3 rings (SSSR count). The summed E-state index contributed by atoms with van der Waals surface area (Å²) in [7, 11) is 0. The van der Waals surface area contributed by atoms with Crippen molar-refractivity contribution in [1.82, 2.24) is 14.8 Å². The van der Waals surface area contributed by atoms with Gasteiger partial charge in [0, 0.05) is 11.4 Å². The number of carbonyl (C=O) groups is 1. The first-order valence-corrected chi connectivity index (χ1v) is 13.1. The van der Waals surface area contributed by atoms with Gasteiger partial charge >= 0.3 is 5.97 Å². The smallest absolute Gasteiger partial charge is 0.338 e. The minimum Gasteiger partial charge on any atom is -0.490 e. The maximum absolute atomic E-state index is 13.2. The van der Waals surface area contributed by atoms with Crippen LogP contribution in [-0.4, -0.2) is 45.8 Å². The highest BCUT2D eigenvalue weighted by molar-refractivity contribution is 7.99. The molecule has 1 unspecified atom stereocenters. The number of fused-ring (bicyclic) bond motifs is 1. The van der Waals surface area contributed by atoms with Gasteiger partial charge in [-0.25, -0.2) is 9.48 Å². The van der Waals surface area contributed by atoms with Crippen LogP contribution in [0, 0.1) is 0 Å². The molecule has 186 valence electrons. The largest absolute Gasteiger partial charge is 0.490 e. The zero-order valence-corrected chi connectivity index (χ0v) is 21.8. The van der Waals surface area contributed by atoms with Crippen molar-refractivity contribution in [2.75, 3.05) is 24.3 Å². The number of aromatic nitrogens is 3. The second-order valence-electron chi connectivity index (χ2n) is 8.37. The van der Waals surface area contributed by atoms with Gasteiger partial charge in [0.1, 0.15) is 6.04 Å². The number of unbranched alkanes of at least 4 members (excludes halogenated alkanes) is 1. The zero-order chi connectivity index (χ0) is 24.7. The van der Waals surface area contributed by atoms with E-state index in [9.17, 15) is 4.79 Å². The van der Waals surface area contributed by atoms with Crippen LogP contribution in [0.3, 0.4) is 0 Å². The van der Waals surface area contributed by atoms with E-state index in [0.717, 1.165) is 30.6 Å². The third kappa shape index (κ3) is 6.05. The molecule has 1 aromatic heterocycles. The number of thioether (sulfide) groups is 1. The van der Waals surface area contributed by atoms with Gasteiger partial charge in [-0.2, -0.15) is 4.98 Å². The maximum Gasteiger partial charge on any atom is 0.338 e. The first-order valence-electron chi connectivity index (χ1n) is 12.1. The SMILES string of the molecule is CCCCOc1ccc(C2C(C(=O)OC(C)C)=C(C)Nc3nc(SCCC)nn32)cc1OCC. The fourth-order valence-electron chi connectivity index (χ4n) is 3.64. The molecule has 0 spiro atoms. The molecule has 0 saturated carbocycles. The van der Waals surface area contributed by atoms with E-state index >= 15 is 0 Å². The number of rotatable bonds is 12. The molecule has 1 N–H and O–H groups in total. The van der Waals surface area contributed by atoms with Crippen molar-refractivity contribution in [1.29, 1.82) is 0 Å². The molecule has 8 nitrogen and oxygen atoms in total. The van der Waals surface area contributed by atoms with Gasteiger partial charge in [0.25, 0.3) is 0 Å². The Morgan fingerprint density at radius 2 is 1.97 bits per heavy atom. The number of nitrogens with one attached hydrogen (secondary N) is 1. The van der Waals surface area contributed by atoms with Gasteiger partial charge in [-0.3, -0.25) is 0 Å². The highest BCUT2D eigenvalue weighted by atomic mass is 32.2. The molecule has 2 heterocycles. The van der Waals surface area contributed by atoms with Crippen LogP contribution >= 0.6 is 11.8 Å². The predicted molar refractivity (Wildman–Crippen MR) is 135 cm³/mol. The molecule has 1 aromatic carbocycles. The molecule has 0 radical (unpaired) electrons. The van der Waals surface area contributed by atoms with Gasteiger partial charge < -0.3 is 19.5 Å². The Labute approximate surface area is 206 Å². The monoisotopic (exact) mass is 488 g/mol. The van der Waals surface area contributed by atoms with Crippen molar-refractivity contribution in [3.8, 4) is 11.5 Å². The van der Waals surface area contributed by atoms with E-state index in [-0.39, 0.29) is 12.1 Å². The Morgan fingerprint density at radius 1 is 1.18 bits per heavy atom. The minimum absolute atomic E-state index is 0.241. The topological polar surface area (TPSA) is 87.5 Å². The van der Waals surface area contributed by atoms with Crippen LogP contribution in [0.25, 0.3) is 0 Å². The Morgan fingerprint density at radius 3 is 2.65 bits per heavy atom. The average Bonchev–Trinajstić information content (AvgIpc) is 3.19. The van der Waals surface area contributed by atoms with E-state index in [0.29, 0.717) is 47.1 Å². The van der Waals surface area contributed by atoms with Gasteiger partial charge in [-0.05, 0) is 58.2 Å². The quantitative estimate of drug-likeness (QED) is 0.235. The molecular weight excluding hydrogens is 452 g/mol. The molecule has 0 fully saturated rings. The lowest BCUT2D eigenvalue weighted by Gasteiger charge is -2.29. The highest BCUT2D eigenvalue weighted by Crippen LogP contribution is 2.40. The van der Waals surface area contributed by atoms with Gasteiger partial charge in [-0.1, -0.05) is 38.1 Å². The Balaban J connectivity index is 2.07. The van der Waals surface area contributed by atoms with E-state index in [4.69, 9.17) is 19.3 Å². The third-order valence-electron chi connectivity index (χ3n) is 5.17. The predicted octanol–water partition coefficient (Wildman–Crippen LogP) is 5.60. The Bertz CT molecular complexity index is 1020. The number of hydrogen-bond acceptors (Lipinski definition) is 8. The van der Waals surface area contributed by atoms with Crippen molar-refractivity contribution in [3.63, 3.8) is 0 Å². The van der Waals surface area contributed by atoms with Gasteiger partial charge in [0.2, 0.25) is 11.1 Å². The van der Waals surface area contributed by atoms with E-state index in [1.54, 1.807) is 16.4 Å². The van der Waals surface area contributed by atoms with Gasteiger partial charge in [0.05, 0.1) is 24.9 Å². The number of ether oxygens (including phenoxy) is 3. The van der Waals surface area contributed by atoms with Crippen LogP contribution in [0.1, 0.15) is 72.4 Å². The normalized spacial score (nSPS) is 15.2. The fraction of sp³-hybridized carbons (Fsp3) is 0.560. The summed E-state index contributed by atoms with van der Waals surface area (Å²) in [5.74, 6) is 2.48. The third-order valence-corrected chi connectivity index (χ3v) is 6.21. The summed E-state index contributed by atoms with van der Waals surface area (Å²) in [6, 6.07) is 5.29. The summed E-state index contributed by atoms with van der Waals surface area (Å²) in [6.07, 6.45) is 2.80. The average molecular weight is 489 g/mol. The lowest BCUT2D eigenvalue weighted by atomic mass is 9.95. The fourth-order valence-corrected chi connectivity index (χ4v) is 4.33. The summed E-state index contributed by atoms with van der Waals surface area (Å²) in [5, 5.41) is 8.66. The van der Waals surface area contributed by atoms with Gasteiger partial charge in [0.15, 0.2) is 11.5 Å². The first-order chi connectivity index (χ1) is 16.4. The van der Waals surface area contributed by atoms with E-state index < -0.39 is 6.04 Å². The minimum atomic E-state index is -0.505. The van der Waals surface area contributed by atoms with Crippen LogP contribution < -0.4 is 14.8 Å². The Kier molecular flexibility index (Phi) is 9.27. The van der Waals surface area contributed by atoms with Crippen molar-refractivity contribution >= 4 is 23.7 Å². The lowest BCUT2D eigenvalue weighted by Crippen LogP contribution is -2.30. The standard InChI is InChI=1S/C25H36N4O4S/c1-7-10-13-32-19-12-11-18(15-20(19)31-9-3)22-21(23(30)33-16(4)5)17(6)26-24-27-25(28-29(22)24)34-14-8-2/h11-12,15-16,22H,7-10,13-14H2,1-6H3,(H,26,27,28). The van der Waals surface area contributed by atoms with Crippen LogP contribution in [0.5, 0.6) is 11.5 Å². The molecule has 0 bridgehead atoms. The number of benzene rings is 1. The molecule has 0 aliphatic carbocycles. The van der Waals surface area contributed by atoms with Crippen LogP contribution in [0.2, 0.25) is 0 Å². The molecule has 0 amide bonds. The number of anilines is 1. The van der Waals surface area contributed by atoms with Crippen molar-refractivity contribution in [3.05, 3.63) is 35.0 Å². The number of allylic oxidation sites excluding steroid dienone is 1. The summed E-state index contributed by atoms with van der Waals surface area (Å²) < 4.78 is 19.2. The summed E-state index contributed by atoms with van der Waals surface area (Å²) >= 11 is 1.60. The highest BCUT2D eigenvalue weighted by Gasteiger charge is 2.36. The molecule has 1 aliphatic heterocycles. The number of hydrogen-bond donors (Lipinski definition) is 1. The van der Waals surface area contributed by atoms with Crippen LogP contribution in [-0.2, 0) is 9.53 Å². The number of esters is 1. The first kappa shape index (κ1) is 25.9. The second kappa shape index (κ2) is 12.1. The van der Waals surface area contributed by atoms with E-state index in [1.165, 1.54) is 0 Å². The number of nitrogens with zero attached hydrogens (tertiary/aromatic N) is 3. The van der Waals surface area contributed by atoms with Crippen molar-refractivity contribution < 1.29 is 19.0 Å². The number of carbonyl (C=O) groups excluding carboxylic acids is 1. The molecule has 1 aliphatic rings. The lowest BCUT2D eigenvalue weighted by molar-refractivity contribution is -0.143. The molecule has 0 saturated heterocycles. The molecule has 34 heavy (non-hydrogen) atoms. The molecule has 2 aromatic rings. The van der Waals surface area contributed by atoms with E-state index in [2.05, 4.69) is 24.1 Å². The summed E-state index contributed by atoms with van der Waals surface area (Å²) in [6.45, 7) is 12.9. The molecule has 9 heteroatoms. The maximum atomic E-state index is 13.2. The van der Waals surface area contributed by atoms with Crippen molar-refractivity contribution in [2.24, 2.45) is 0 Å². The van der Waals surface area contributed by atoms with Gasteiger partial charge in [-0.15, -0.1) is 5.10 Å². The molecule has 1 atom stereocenters. The van der Waals surface area contributed by atoms with Crippen LogP contribution in [0.15, 0.2) is 34.6 Å². The summed E-state index contributed by atoms with van der Waals surface area (Å²) in [4.78, 5) is 17.9. The Hall–Kier alpha value is -2.68. The van der Waals surface area contributed by atoms with Crippen LogP contribution in [0.4, 0.5) is 5.95 Å². The summed E-state index contributed by atoms with van der Waals surface area (Å²) in [5.41, 5.74) is 2.05. The van der Waals surface area contributed by atoms with Crippen molar-refractivity contribution in [2.45, 2.75) is 78.1 Å². The molecular formula is C25H36N4O4S. The van der Waals surface area contributed by atoms with E-state index in [1.807, 2.05) is 45.9 Å². The zero-order valence-electron chi connectivity index (χ0n) is 21.0. The second-order valence-corrected chi connectivity index (χ2v) is 9.43.